The zero-order valence-corrected chi connectivity index (χ0v) is 20.8. The molecule has 2 aliphatic rings. The smallest absolute Gasteiger partial charge is 0.363 e. The summed E-state index contributed by atoms with van der Waals surface area (Å²) >= 11 is 0. The number of carbonyl (C=O) groups is 2. The van der Waals surface area contributed by atoms with Gasteiger partial charge >= 0.3 is 12.0 Å². The molecule has 0 atom stereocenters. The van der Waals surface area contributed by atoms with Crippen molar-refractivity contribution >= 4 is 29.7 Å². The summed E-state index contributed by atoms with van der Waals surface area (Å²) in [7, 11) is 3.11. The predicted octanol–water partition coefficient (Wildman–Crippen LogP) is 3.51. The monoisotopic (exact) mass is 476 g/mol. The van der Waals surface area contributed by atoms with Crippen LogP contribution in [0.4, 0.5) is 20.6 Å². The lowest BCUT2D eigenvalue weighted by Gasteiger charge is -2.43. The minimum absolute atomic E-state index is 0.105. The topological polar surface area (TPSA) is 86.6 Å². The van der Waals surface area contributed by atoms with Gasteiger partial charge in [0, 0.05) is 39.4 Å². The number of halogens is 1. The van der Waals surface area contributed by atoms with E-state index in [1.165, 1.54) is 23.4 Å². The van der Waals surface area contributed by atoms with Crippen LogP contribution < -0.4 is 9.80 Å². The van der Waals surface area contributed by atoms with Crippen molar-refractivity contribution in [1.29, 1.82) is 0 Å². The van der Waals surface area contributed by atoms with Crippen LogP contribution in [0, 0.1) is 5.82 Å². The number of esters is 1. The number of fused-ring (bicyclic) bond motifs is 3. The van der Waals surface area contributed by atoms with Gasteiger partial charge in [-0.3, -0.25) is 4.90 Å². The number of nitrogens with zero attached hydrogens (tertiary/aromatic N) is 4. The number of methoxy groups -OCH3 is 2. The Kier molecular flexibility index (Phi) is 7.44. The standard InChI is InChI=1S/C24H33FN4O5/c1-23(2,3)34-21(30)19-20-24(4,5)29(22(31)27(10-12-32-6)11-13-33-7)18-14-16(25)8-9-17(18)28(20)15-26-19/h8-9,14-15H,10-13H2,1-7H3/q+1. The van der Waals surface area contributed by atoms with E-state index >= 15 is 0 Å². The molecule has 0 saturated carbocycles. The van der Waals surface area contributed by atoms with Crippen LogP contribution in [0.5, 0.6) is 0 Å². The molecule has 0 spiro atoms. The van der Waals surface area contributed by atoms with Gasteiger partial charge in [-0.05, 0) is 45.6 Å². The van der Waals surface area contributed by atoms with Gasteiger partial charge in [0.05, 0.1) is 13.2 Å². The number of benzene rings is 1. The first-order chi connectivity index (χ1) is 15.9. The lowest BCUT2D eigenvalue weighted by molar-refractivity contribution is -0.150. The molecule has 0 bridgehead atoms. The Bertz CT molecular complexity index is 1010. The van der Waals surface area contributed by atoms with E-state index in [9.17, 15) is 14.0 Å². The number of rotatable bonds is 7. The second kappa shape index (κ2) is 9.81. The lowest BCUT2D eigenvalue weighted by atomic mass is 9.90. The lowest BCUT2D eigenvalue weighted by Crippen LogP contribution is -2.60. The minimum atomic E-state index is -1.07. The van der Waals surface area contributed by atoms with Gasteiger partial charge in [-0.1, -0.05) is 0 Å². The SMILES string of the molecule is COCCN(CCOC)C(=O)N1c2cc(F)ccc2[N+]2C=NC(C(=O)OC(C)(C)C)=C2C1(C)C. The highest BCUT2D eigenvalue weighted by molar-refractivity contribution is 6.04. The fraction of sp³-hybridized carbons (Fsp3) is 0.542. The van der Waals surface area contributed by atoms with Gasteiger partial charge in [0.1, 0.15) is 22.6 Å². The molecule has 2 heterocycles. The van der Waals surface area contributed by atoms with Crippen LogP contribution in [-0.4, -0.2) is 74.9 Å². The Labute approximate surface area is 199 Å². The van der Waals surface area contributed by atoms with Crippen LogP contribution >= 0.6 is 0 Å². The van der Waals surface area contributed by atoms with E-state index in [-0.39, 0.29) is 11.7 Å². The first-order valence-corrected chi connectivity index (χ1v) is 11.1. The van der Waals surface area contributed by atoms with E-state index in [4.69, 9.17) is 14.2 Å². The summed E-state index contributed by atoms with van der Waals surface area (Å²) in [5, 5.41) is 0. The van der Waals surface area contributed by atoms with Crippen LogP contribution in [0.25, 0.3) is 0 Å². The van der Waals surface area contributed by atoms with Crippen molar-refractivity contribution in [3.05, 3.63) is 35.4 Å². The summed E-state index contributed by atoms with van der Waals surface area (Å²) in [5.74, 6) is -1.08. The van der Waals surface area contributed by atoms with Gasteiger partial charge in [-0.2, -0.15) is 4.99 Å². The summed E-state index contributed by atoms with van der Waals surface area (Å²) < 4.78 is 30.3. The molecule has 0 unspecified atom stereocenters. The van der Waals surface area contributed by atoms with Crippen molar-refractivity contribution < 1.29 is 28.2 Å². The Balaban J connectivity index is 2.15. The van der Waals surface area contributed by atoms with Crippen molar-refractivity contribution in [2.75, 3.05) is 45.4 Å². The number of ether oxygens (including phenoxy) is 3. The Morgan fingerprint density at radius 1 is 1.15 bits per heavy atom. The summed E-state index contributed by atoms with van der Waals surface area (Å²) in [4.78, 5) is 36.1. The van der Waals surface area contributed by atoms with Crippen molar-refractivity contribution in [3.63, 3.8) is 0 Å². The first kappa shape index (κ1) is 25.8. The van der Waals surface area contributed by atoms with E-state index in [1.807, 2.05) is 0 Å². The molecule has 1 aromatic rings. The van der Waals surface area contributed by atoms with Crippen molar-refractivity contribution in [2.45, 2.75) is 45.8 Å². The van der Waals surface area contributed by atoms with E-state index in [1.54, 1.807) is 64.7 Å². The molecule has 0 aromatic heterocycles. The molecule has 2 amide bonds. The number of urea groups is 1. The van der Waals surface area contributed by atoms with E-state index in [2.05, 4.69) is 4.99 Å². The van der Waals surface area contributed by atoms with E-state index < -0.39 is 22.9 Å². The number of anilines is 2. The third kappa shape index (κ3) is 4.98. The third-order valence-corrected chi connectivity index (χ3v) is 5.53. The van der Waals surface area contributed by atoms with E-state index in [0.717, 1.165) is 0 Å². The number of hydrogen-bond donors (Lipinski definition) is 0. The molecule has 9 nitrogen and oxygen atoms in total. The summed E-state index contributed by atoms with van der Waals surface area (Å²) in [6.45, 7) is 10.2. The zero-order valence-electron chi connectivity index (χ0n) is 20.8. The maximum atomic E-state index is 14.4. The minimum Gasteiger partial charge on any atom is -0.455 e. The quantitative estimate of drug-likeness (QED) is 0.444. The highest BCUT2D eigenvalue weighted by atomic mass is 19.1. The Morgan fingerprint density at radius 2 is 1.76 bits per heavy atom. The average molecular weight is 477 g/mol. The molecule has 0 fully saturated rings. The Morgan fingerprint density at radius 3 is 2.32 bits per heavy atom. The maximum Gasteiger partial charge on any atom is 0.363 e. The van der Waals surface area contributed by atoms with Crippen LogP contribution in [0.2, 0.25) is 0 Å². The molecule has 3 rings (SSSR count). The molecule has 2 aliphatic heterocycles. The molecule has 0 N–H and O–H groups in total. The van der Waals surface area contributed by atoms with Crippen LogP contribution in [-0.2, 0) is 19.0 Å². The van der Waals surface area contributed by atoms with Gasteiger partial charge in [0.25, 0.3) is 6.34 Å². The van der Waals surface area contributed by atoms with Gasteiger partial charge < -0.3 is 19.1 Å². The molecule has 0 saturated heterocycles. The molecule has 0 aliphatic carbocycles. The van der Waals surface area contributed by atoms with Crippen molar-refractivity contribution in [2.24, 2.45) is 4.99 Å². The molecule has 34 heavy (non-hydrogen) atoms. The number of aliphatic imine (C=N–C) groups is 1. The van der Waals surface area contributed by atoms with Gasteiger partial charge in [0.2, 0.25) is 17.1 Å². The normalized spacial score (nSPS) is 17.0. The maximum absolute atomic E-state index is 14.4. The summed E-state index contributed by atoms with van der Waals surface area (Å²) in [6.07, 6.45) is 1.50. The first-order valence-electron chi connectivity index (χ1n) is 11.1. The molecular formula is C24H33FN4O5+. The highest BCUT2D eigenvalue weighted by Gasteiger charge is 2.57. The third-order valence-electron chi connectivity index (χ3n) is 5.53. The number of hydrogen-bond acceptors (Lipinski definition) is 7. The molecule has 185 valence electrons. The second-order valence-corrected chi connectivity index (χ2v) is 9.60. The molecule has 1 radical (unpaired) electrons. The zero-order chi connectivity index (χ0) is 25.3. The number of carbonyl (C=O) groups excluding carboxylic acids is 2. The van der Waals surface area contributed by atoms with Crippen LogP contribution in [0.3, 0.4) is 0 Å². The Hall–Kier alpha value is -2.82. The highest BCUT2D eigenvalue weighted by Crippen LogP contribution is 2.48. The molecular weight excluding hydrogens is 443 g/mol. The van der Waals surface area contributed by atoms with Gasteiger partial charge in [-0.15, -0.1) is 0 Å². The molecule has 10 heteroatoms. The second-order valence-electron chi connectivity index (χ2n) is 9.60. The predicted molar refractivity (Wildman–Crippen MR) is 127 cm³/mol. The van der Waals surface area contributed by atoms with Gasteiger partial charge in [0.15, 0.2) is 0 Å². The molecule has 1 aromatic carbocycles. The van der Waals surface area contributed by atoms with E-state index in [0.29, 0.717) is 43.4 Å². The fourth-order valence-corrected chi connectivity index (χ4v) is 4.07. The van der Waals surface area contributed by atoms with Crippen molar-refractivity contribution in [3.8, 4) is 0 Å². The summed E-state index contributed by atoms with van der Waals surface area (Å²) in [5.41, 5.74) is -0.306. The largest absolute Gasteiger partial charge is 0.455 e. The van der Waals surface area contributed by atoms with Crippen LogP contribution in [0.15, 0.2) is 34.6 Å². The fourth-order valence-electron chi connectivity index (χ4n) is 4.07. The summed E-state index contributed by atoms with van der Waals surface area (Å²) in [6, 6.07) is 3.83. The average Bonchev–Trinajstić information content (AvgIpc) is 3.19. The van der Waals surface area contributed by atoms with Gasteiger partial charge in [-0.25, -0.2) is 14.0 Å². The number of amides is 2. The van der Waals surface area contributed by atoms with Crippen molar-refractivity contribution in [1.82, 2.24) is 9.80 Å². The van der Waals surface area contributed by atoms with Crippen LogP contribution in [0.1, 0.15) is 34.6 Å².